The third-order valence-electron chi connectivity index (χ3n) is 4.92. The first-order chi connectivity index (χ1) is 13.2. The maximum Gasteiger partial charge on any atom is 0.283 e. The minimum atomic E-state index is -3.73. The van der Waals surface area contributed by atoms with Gasteiger partial charge in [0.1, 0.15) is 12.4 Å². The molecule has 0 spiro atoms. The standard InChI is InChI=1S/C20H23N3O3S/c24-27(25,17-8-3-1-4-9-17)23-19-10-7-11-20(18(19)16-21-23)26-15-14-22-12-5-2-6-13-22/h1,3-4,7-11,16H,2,5-6,12-15H2. The van der Waals surface area contributed by atoms with Crippen LogP contribution in [0.5, 0.6) is 5.75 Å². The van der Waals surface area contributed by atoms with Crippen LogP contribution in [0.2, 0.25) is 0 Å². The lowest BCUT2D eigenvalue weighted by molar-refractivity contribution is 0.184. The van der Waals surface area contributed by atoms with Crippen LogP contribution in [0.1, 0.15) is 19.3 Å². The van der Waals surface area contributed by atoms with E-state index >= 15 is 0 Å². The molecule has 0 radical (unpaired) electrons. The molecule has 1 saturated heterocycles. The van der Waals surface area contributed by atoms with Crippen LogP contribution in [-0.4, -0.2) is 48.7 Å². The Morgan fingerprint density at radius 3 is 2.52 bits per heavy atom. The molecule has 2 aromatic carbocycles. The van der Waals surface area contributed by atoms with Crippen molar-refractivity contribution in [1.29, 1.82) is 0 Å². The normalized spacial score (nSPS) is 15.9. The summed E-state index contributed by atoms with van der Waals surface area (Å²) in [6.07, 6.45) is 5.37. The Kier molecular flexibility index (Phi) is 5.13. The van der Waals surface area contributed by atoms with Crippen LogP contribution in [0, 0.1) is 0 Å². The molecule has 0 N–H and O–H groups in total. The molecule has 0 aliphatic carbocycles. The van der Waals surface area contributed by atoms with Crippen molar-refractivity contribution in [1.82, 2.24) is 14.1 Å². The lowest BCUT2D eigenvalue weighted by Gasteiger charge is -2.26. The van der Waals surface area contributed by atoms with Crippen molar-refractivity contribution >= 4 is 20.9 Å². The maximum atomic E-state index is 12.9. The number of nitrogens with zero attached hydrogens (tertiary/aromatic N) is 3. The molecule has 4 rings (SSSR count). The van der Waals surface area contributed by atoms with E-state index in [1.807, 2.05) is 6.07 Å². The van der Waals surface area contributed by atoms with Crippen LogP contribution >= 0.6 is 0 Å². The third-order valence-corrected chi connectivity index (χ3v) is 6.54. The number of ether oxygens (including phenoxy) is 1. The minimum Gasteiger partial charge on any atom is -0.491 e. The van der Waals surface area contributed by atoms with Crippen molar-refractivity contribution in [2.75, 3.05) is 26.2 Å². The molecule has 1 fully saturated rings. The van der Waals surface area contributed by atoms with Crippen LogP contribution in [0.4, 0.5) is 0 Å². The number of aromatic nitrogens is 2. The van der Waals surface area contributed by atoms with Crippen molar-refractivity contribution < 1.29 is 13.2 Å². The van der Waals surface area contributed by atoms with Gasteiger partial charge in [-0.05, 0) is 50.2 Å². The zero-order valence-corrected chi connectivity index (χ0v) is 15.9. The number of rotatable bonds is 6. The molecule has 1 aromatic heterocycles. The van der Waals surface area contributed by atoms with Crippen LogP contribution in [-0.2, 0) is 10.0 Å². The number of hydrogen-bond donors (Lipinski definition) is 0. The van der Waals surface area contributed by atoms with E-state index in [1.165, 1.54) is 19.3 Å². The third kappa shape index (κ3) is 3.70. The molecular formula is C20H23N3O3S. The van der Waals surface area contributed by atoms with Crippen LogP contribution in [0.3, 0.4) is 0 Å². The molecular weight excluding hydrogens is 362 g/mol. The van der Waals surface area contributed by atoms with Gasteiger partial charge in [-0.15, -0.1) is 0 Å². The highest BCUT2D eigenvalue weighted by atomic mass is 32.2. The lowest BCUT2D eigenvalue weighted by atomic mass is 10.1. The van der Waals surface area contributed by atoms with E-state index in [4.69, 9.17) is 4.74 Å². The summed E-state index contributed by atoms with van der Waals surface area (Å²) in [5.41, 5.74) is 0.523. The fourth-order valence-corrected chi connectivity index (χ4v) is 4.77. The van der Waals surface area contributed by atoms with Gasteiger partial charge in [-0.1, -0.05) is 30.7 Å². The zero-order valence-electron chi connectivity index (χ0n) is 15.1. The van der Waals surface area contributed by atoms with Gasteiger partial charge >= 0.3 is 0 Å². The van der Waals surface area contributed by atoms with E-state index in [9.17, 15) is 8.42 Å². The Bertz CT molecular complexity index is 1010. The molecule has 0 atom stereocenters. The van der Waals surface area contributed by atoms with Crippen molar-refractivity contribution in [2.45, 2.75) is 24.2 Å². The smallest absolute Gasteiger partial charge is 0.283 e. The second-order valence-electron chi connectivity index (χ2n) is 6.75. The molecule has 27 heavy (non-hydrogen) atoms. The van der Waals surface area contributed by atoms with Gasteiger partial charge in [-0.25, -0.2) is 0 Å². The Morgan fingerprint density at radius 1 is 0.963 bits per heavy atom. The molecule has 0 saturated carbocycles. The van der Waals surface area contributed by atoms with Gasteiger partial charge in [0.2, 0.25) is 0 Å². The second kappa shape index (κ2) is 7.70. The maximum absolute atomic E-state index is 12.9. The van der Waals surface area contributed by atoms with E-state index in [-0.39, 0.29) is 4.90 Å². The first kappa shape index (κ1) is 18.0. The Hall–Kier alpha value is -2.38. The van der Waals surface area contributed by atoms with Gasteiger partial charge in [-0.2, -0.15) is 17.6 Å². The number of likely N-dealkylation sites (tertiary alicyclic amines) is 1. The highest BCUT2D eigenvalue weighted by molar-refractivity contribution is 7.90. The molecule has 6 nitrogen and oxygen atoms in total. The molecule has 142 valence electrons. The number of fused-ring (bicyclic) bond motifs is 1. The summed E-state index contributed by atoms with van der Waals surface area (Å²) in [6.45, 7) is 3.71. The van der Waals surface area contributed by atoms with Crippen LogP contribution in [0.15, 0.2) is 59.6 Å². The van der Waals surface area contributed by atoms with Crippen LogP contribution in [0.25, 0.3) is 10.9 Å². The van der Waals surface area contributed by atoms with Gasteiger partial charge in [0.15, 0.2) is 0 Å². The van der Waals surface area contributed by atoms with Gasteiger partial charge in [0.05, 0.1) is 22.0 Å². The van der Waals surface area contributed by atoms with E-state index in [0.717, 1.165) is 23.7 Å². The summed E-state index contributed by atoms with van der Waals surface area (Å²) in [5, 5.41) is 4.84. The number of piperidine rings is 1. The zero-order chi connectivity index (χ0) is 18.7. The average Bonchev–Trinajstić information content (AvgIpc) is 3.15. The number of benzene rings is 2. The summed E-state index contributed by atoms with van der Waals surface area (Å²) < 4.78 is 32.8. The lowest BCUT2D eigenvalue weighted by Crippen LogP contribution is -2.33. The Balaban J connectivity index is 1.56. The summed E-state index contributed by atoms with van der Waals surface area (Å²) in [5.74, 6) is 0.666. The minimum absolute atomic E-state index is 0.214. The highest BCUT2D eigenvalue weighted by Crippen LogP contribution is 2.27. The largest absolute Gasteiger partial charge is 0.491 e. The molecule has 2 heterocycles. The average molecular weight is 385 g/mol. The molecule has 0 amide bonds. The van der Waals surface area contributed by atoms with Gasteiger partial charge in [0.25, 0.3) is 10.0 Å². The predicted octanol–water partition coefficient (Wildman–Crippen LogP) is 3.14. The molecule has 7 heteroatoms. The molecule has 1 aliphatic heterocycles. The summed E-state index contributed by atoms with van der Waals surface area (Å²) in [7, 11) is -3.73. The fourth-order valence-electron chi connectivity index (χ4n) is 3.48. The summed E-state index contributed by atoms with van der Waals surface area (Å²) in [4.78, 5) is 2.62. The van der Waals surface area contributed by atoms with Gasteiger partial charge in [0, 0.05) is 6.54 Å². The predicted molar refractivity (Wildman–Crippen MR) is 105 cm³/mol. The molecule has 0 bridgehead atoms. The monoisotopic (exact) mass is 385 g/mol. The number of hydrogen-bond acceptors (Lipinski definition) is 5. The van der Waals surface area contributed by atoms with Crippen molar-refractivity contribution in [3.05, 3.63) is 54.7 Å². The quantitative estimate of drug-likeness (QED) is 0.652. The van der Waals surface area contributed by atoms with Crippen LogP contribution < -0.4 is 4.74 Å². The molecule has 1 aliphatic rings. The SMILES string of the molecule is O=S(=O)(c1ccccc1)n1ncc2c(OCCN3CCCCC3)cccc21. The van der Waals surface area contributed by atoms with Crippen molar-refractivity contribution in [3.63, 3.8) is 0 Å². The van der Waals surface area contributed by atoms with Gasteiger partial charge < -0.3 is 4.74 Å². The first-order valence-corrected chi connectivity index (χ1v) is 10.7. The molecule has 0 unspecified atom stereocenters. The van der Waals surface area contributed by atoms with E-state index in [2.05, 4.69) is 10.00 Å². The fraction of sp³-hybridized carbons (Fsp3) is 0.350. The van der Waals surface area contributed by atoms with Crippen molar-refractivity contribution in [2.24, 2.45) is 0 Å². The van der Waals surface area contributed by atoms with E-state index in [0.29, 0.717) is 23.3 Å². The Labute approximate surface area is 159 Å². The summed E-state index contributed by atoms with van der Waals surface area (Å²) in [6, 6.07) is 13.7. The van der Waals surface area contributed by atoms with E-state index < -0.39 is 10.0 Å². The topological polar surface area (TPSA) is 64.4 Å². The van der Waals surface area contributed by atoms with Crippen molar-refractivity contribution in [3.8, 4) is 5.75 Å². The van der Waals surface area contributed by atoms with Gasteiger partial charge in [-0.3, -0.25) is 4.90 Å². The second-order valence-corrected chi connectivity index (χ2v) is 8.51. The first-order valence-electron chi connectivity index (χ1n) is 9.29. The van der Waals surface area contributed by atoms with E-state index in [1.54, 1.807) is 48.7 Å². The molecule has 3 aromatic rings. The Morgan fingerprint density at radius 2 is 1.74 bits per heavy atom. The summed E-state index contributed by atoms with van der Waals surface area (Å²) >= 11 is 0. The highest BCUT2D eigenvalue weighted by Gasteiger charge is 2.21.